The van der Waals surface area contributed by atoms with Gasteiger partial charge < -0.3 is 19.2 Å². The van der Waals surface area contributed by atoms with E-state index in [1.54, 1.807) is 12.1 Å². The molecule has 4 rings (SSSR count). The Morgan fingerprint density at radius 1 is 1.14 bits per heavy atom. The first-order valence-electron chi connectivity index (χ1n) is 6.44. The molecule has 2 heterocycles. The molecular weight excluding hydrogens is 292 g/mol. The van der Waals surface area contributed by atoms with E-state index < -0.39 is 0 Å². The van der Waals surface area contributed by atoms with Crippen LogP contribution >= 0.6 is 11.6 Å². The van der Waals surface area contributed by atoms with Crippen molar-refractivity contribution in [3.8, 4) is 17.2 Å². The highest BCUT2D eigenvalue weighted by Crippen LogP contribution is 2.35. The van der Waals surface area contributed by atoms with Crippen molar-refractivity contribution in [3.63, 3.8) is 0 Å². The van der Waals surface area contributed by atoms with Crippen LogP contribution in [0, 0.1) is 0 Å². The molecule has 0 radical (unpaired) electrons. The van der Waals surface area contributed by atoms with Gasteiger partial charge in [0.15, 0.2) is 11.5 Å². The number of hydrogen-bond donors (Lipinski definition) is 1. The molecule has 0 spiro atoms. The Labute approximate surface area is 125 Å². The van der Waals surface area contributed by atoms with E-state index in [0.717, 1.165) is 34.1 Å². The van der Waals surface area contributed by atoms with Crippen LogP contribution in [0.25, 0.3) is 11.0 Å². The first-order chi connectivity index (χ1) is 10.3. The zero-order chi connectivity index (χ0) is 14.2. The van der Waals surface area contributed by atoms with Crippen LogP contribution in [0.4, 0.5) is 0 Å². The number of imidazole rings is 1. The number of nitrogens with zero attached hydrogens (tertiary/aromatic N) is 1. The fourth-order valence-electron chi connectivity index (χ4n) is 2.20. The molecule has 1 aromatic heterocycles. The minimum absolute atomic E-state index is 0.258. The zero-order valence-electron chi connectivity index (χ0n) is 10.9. The number of rotatable bonds is 3. The minimum atomic E-state index is 0.258. The standard InChI is InChI=1S/C15H11ClN2O3/c16-9-1-3-10(4-2-9)19-7-15-17-11-5-13-14(21-8-20-13)6-12(11)18-15/h1-6H,7-8H2,(H,17,18). The lowest BCUT2D eigenvalue weighted by atomic mass is 10.3. The Bertz CT molecular complexity index is 758. The number of aromatic amines is 1. The number of benzene rings is 2. The molecule has 1 N–H and O–H groups in total. The van der Waals surface area contributed by atoms with E-state index in [4.69, 9.17) is 25.8 Å². The van der Waals surface area contributed by atoms with Crippen molar-refractivity contribution in [2.24, 2.45) is 0 Å². The molecule has 0 atom stereocenters. The van der Waals surface area contributed by atoms with Gasteiger partial charge >= 0.3 is 0 Å². The maximum absolute atomic E-state index is 5.83. The predicted octanol–water partition coefficient (Wildman–Crippen LogP) is 3.52. The highest BCUT2D eigenvalue weighted by Gasteiger charge is 2.16. The predicted molar refractivity (Wildman–Crippen MR) is 78.0 cm³/mol. The van der Waals surface area contributed by atoms with Crippen LogP contribution < -0.4 is 14.2 Å². The van der Waals surface area contributed by atoms with E-state index in [9.17, 15) is 0 Å². The van der Waals surface area contributed by atoms with Gasteiger partial charge in [0.05, 0.1) is 11.0 Å². The van der Waals surface area contributed by atoms with Crippen LogP contribution in [0.5, 0.6) is 17.2 Å². The molecule has 6 heteroatoms. The molecule has 0 aliphatic carbocycles. The average molecular weight is 303 g/mol. The monoisotopic (exact) mass is 302 g/mol. The van der Waals surface area contributed by atoms with Crippen LogP contribution in [0.2, 0.25) is 5.02 Å². The molecule has 0 saturated heterocycles. The summed E-state index contributed by atoms with van der Waals surface area (Å²) >= 11 is 5.83. The van der Waals surface area contributed by atoms with E-state index in [1.165, 1.54) is 0 Å². The van der Waals surface area contributed by atoms with Gasteiger partial charge in [0.1, 0.15) is 18.2 Å². The van der Waals surface area contributed by atoms with Crippen molar-refractivity contribution >= 4 is 22.6 Å². The number of ether oxygens (including phenoxy) is 3. The maximum Gasteiger partial charge on any atom is 0.231 e. The van der Waals surface area contributed by atoms with E-state index in [-0.39, 0.29) is 6.79 Å². The number of H-pyrrole nitrogens is 1. The van der Waals surface area contributed by atoms with Crippen molar-refractivity contribution in [2.45, 2.75) is 6.61 Å². The van der Waals surface area contributed by atoms with Gasteiger partial charge in [0, 0.05) is 17.2 Å². The van der Waals surface area contributed by atoms with Crippen molar-refractivity contribution < 1.29 is 14.2 Å². The van der Waals surface area contributed by atoms with Gasteiger partial charge in [-0.2, -0.15) is 0 Å². The Balaban J connectivity index is 1.55. The highest BCUT2D eigenvalue weighted by atomic mass is 35.5. The molecule has 3 aromatic rings. The SMILES string of the molecule is Clc1ccc(OCc2nc3cc4c(cc3[nH]2)OCO4)cc1. The summed E-state index contributed by atoms with van der Waals surface area (Å²) in [6.45, 7) is 0.608. The minimum Gasteiger partial charge on any atom is -0.486 e. The Morgan fingerprint density at radius 2 is 1.90 bits per heavy atom. The fourth-order valence-corrected chi connectivity index (χ4v) is 2.33. The lowest BCUT2D eigenvalue weighted by Gasteiger charge is -2.03. The average Bonchev–Trinajstić information content (AvgIpc) is 3.09. The van der Waals surface area contributed by atoms with Gasteiger partial charge in [-0.1, -0.05) is 11.6 Å². The van der Waals surface area contributed by atoms with E-state index in [2.05, 4.69) is 9.97 Å². The Morgan fingerprint density at radius 3 is 2.71 bits per heavy atom. The maximum atomic E-state index is 5.83. The normalized spacial score (nSPS) is 12.8. The van der Waals surface area contributed by atoms with Gasteiger partial charge in [-0.15, -0.1) is 0 Å². The molecule has 2 aromatic carbocycles. The summed E-state index contributed by atoms with van der Waals surface area (Å²) in [6.07, 6.45) is 0. The van der Waals surface area contributed by atoms with Gasteiger partial charge in [-0.3, -0.25) is 0 Å². The smallest absolute Gasteiger partial charge is 0.231 e. The third kappa shape index (κ3) is 2.36. The molecule has 0 fully saturated rings. The van der Waals surface area contributed by atoms with Gasteiger partial charge in [0.2, 0.25) is 6.79 Å². The number of halogens is 1. The van der Waals surface area contributed by atoms with Crippen molar-refractivity contribution in [3.05, 3.63) is 47.2 Å². The number of fused-ring (bicyclic) bond motifs is 2. The Hall–Kier alpha value is -2.40. The number of hydrogen-bond acceptors (Lipinski definition) is 4. The molecule has 5 nitrogen and oxygen atoms in total. The summed E-state index contributed by atoms with van der Waals surface area (Å²) in [7, 11) is 0. The van der Waals surface area contributed by atoms with Gasteiger partial charge in [-0.05, 0) is 24.3 Å². The molecule has 0 amide bonds. The molecule has 0 unspecified atom stereocenters. The van der Waals surface area contributed by atoms with Crippen LogP contribution in [0.15, 0.2) is 36.4 Å². The lowest BCUT2D eigenvalue weighted by molar-refractivity contribution is 0.174. The van der Waals surface area contributed by atoms with Crippen LogP contribution in [-0.4, -0.2) is 16.8 Å². The van der Waals surface area contributed by atoms with Crippen molar-refractivity contribution in [1.29, 1.82) is 0 Å². The number of aromatic nitrogens is 2. The molecule has 106 valence electrons. The molecule has 0 saturated carbocycles. The van der Waals surface area contributed by atoms with E-state index in [0.29, 0.717) is 11.6 Å². The van der Waals surface area contributed by atoms with Crippen molar-refractivity contribution in [2.75, 3.05) is 6.79 Å². The third-order valence-electron chi connectivity index (χ3n) is 3.21. The third-order valence-corrected chi connectivity index (χ3v) is 3.47. The molecule has 1 aliphatic heterocycles. The summed E-state index contributed by atoms with van der Waals surface area (Å²) < 4.78 is 16.3. The van der Waals surface area contributed by atoms with Crippen LogP contribution in [-0.2, 0) is 6.61 Å². The van der Waals surface area contributed by atoms with E-state index >= 15 is 0 Å². The summed E-state index contributed by atoms with van der Waals surface area (Å²) in [5.74, 6) is 2.94. The molecule has 21 heavy (non-hydrogen) atoms. The van der Waals surface area contributed by atoms with Gasteiger partial charge in [-0.25, -0.2) is 4.98 Å². The largest absolute Gasteiger partial charge is 0.486 e. The molecule has 0 bridgehead atoms. The summed E-state index contributed by atoms with van der Waals surface area (Å²) in [4.78, 5) is 7.69. The fraction of sp³-hybridized carbons (Fsp3) is 0.133. The molecule has 1 aliphatic rings. The number of nitrogens with one attached hydrogen (secondary N) is 1. The van der Waals surface area contributed by atoms with Gasteiger partial charge in [0.25, 0.3) is 0 Å². The first kappa shape index (κ1) is 12.3. The topological polar surface area (TPSA) is 56.4 Å². The second-order valence-corrected chi connectivity index (χ2v) is 5.09. The summed E-state index contributed by atoms with van der Waals surface area (Å²) in [6, 6.07) is 11.0. The van der Waals surface area contributed by atoms with Crippen molar-refractivity contribution in [1.82, 2.24) is 9.97 Å². The lowest BCUT2D eigenvalue weighted by Crippen LogP contribution is -1.97. The second kappa shape index (κ2) is 4.86. The summed E-state index contributed by atoms with van der Waals surface area (Å²) in [5, 5.41) is 0.681. The summed E-state index contributed by atoms with van der Waals surface area (Å²) in [5.41, 5.74) is 1.72. The van der Waals surface area contributed by atoms with Crippen LogP contribution in [0.3, 0.4) is 0 Å². The second-order valence-electron chi connectivity index (χ2n) is 4.65. The highest BCUT2D eigenvalue weighted by molar-refractivity contribution is 6.30. The van der Waals surface area contributed by atoms with E-state index in [1.807, 2.05) is 24.3 Å². The van der Waals surface area contributed by atoms with Crippen LogP contribution in [0.1, 0.15) is 5.82 Å². The molecular formula is C15H11ClN2O3. The first-order valence-corrected chi connectivity index (χ1v) is 6.82. The Kier molecular flexibility index (Phi) is 2.86. The quantitative estimate of drug-likeness (QED) is 0.804. The zero-order valence-corrected chi connectivity index (χ0v) is 11.7.